The Morgan fingerprint density at radius 2 is 2.17 bits per heavy atom. The smallest absolute Gasteiger partial charge is 0.330 e. The number of hydrogen-bond acceptors (Lipinski definition) is 4. The van der Waals surface area contributed by atoms with Crippen LogP contribution >= 0.6 is 24.8 Å². The Morgan fingerprint density at radius 1 is 1.75 bits per heavy atom. The zero-order valence-corrected chi connectivity index (χ0v) is 7.98. The van der Waals surface area contributed by atoms with E-state index in [1.807, 2.05) is 0 Å². The van der Waals surface area contributed by atoms with Crippen LogP contribution in [0.4, 0.5) is 0 Å². The SMILES string of the molecule is C=CC(=O)OCCO.OC(=S)S. The lowest BCUT2D eigenvalue weighted by Crippen LogP contribution is -2.04. The third kappa shape index (κ3) is 22.7. The van der Waals surface area contributed by atoms with E-state index >= 15 is 0 Å². The van der Waals surface area contributed by atoms with Crippen molar-refractivity contribution in [3.63, 3.8) is 0 Å². The summed E-state index contributed by atoms with van der Waals surface area (Å²) in [7, 11) is 0. The molecule has 0 aromatic rings. The predicted molar refractivity (Wildman–Crippen MR) is 52.5 cm³/mol. The van der Waals surface area contributed by atoms with Crippen LogP contribution < -0.4 is 0 Å². The van der Waals surface area contributed by atoms with E-state index in [1.54, 1.807) is 0 Å². The van der Waals surface area contributed by atoms with Gasteiger partial charge in [0.15, 0.2) is 0 Å². The number of carbonyl (C=O) groups excluding carboxylic acids is 1. The Kier molecular flexibility index (Phi) is 12.1. The molecule has 0 radical (unpaired) electrons. The van der Waals surface area contributed by atoms with E-state index in [0.29, 0.717) is 0 Å². The fraction of sp³-hybridized carbons (Fsp3) is 0.333. The summed E-state index contributed by atoms with van der Waals surface area (Å²) in [5, 5.41) is 15.8. The maximum Gasteiger partial charge on any atom is 0.330 e. The van der Waals surface area contributed by atoms with Gasteiger partial charge in [0, 0.05) is 6.08 Å². The number of aliphatic hydroxyl groups excluding tert-OH is 2. The first-order valence-corrected chi connectivity index (χ1v) is 3.72. The molecule has 0 atom stereocenters. The molecule has 0 fully saturated rings. The highest BCUT2D eigenvalue weighted by molar-refractivity contribution is 8.10. The van der Waals surface area contributed by atoms with Gasteiger partial charge in [-0.3, -0.25) is 0 Å². The van der Waals surface area contributed by atoms with Crippen LogP contribution in [0.15, 0.2) is 12.7 Å². The van der Waals surface area contributed by atoms with Gasteiger partial charge in [0.05, 0.1) is 6.61 Å². The van der Waals surface area contributed by atoms with E-state index in [0.717, 1.165) is 6.08 Å². The summed E-state index contributed by atoms with van der Waals surface area (Å²) in [6.07, 6.45) is 1.05. The van der Waals surface area contributed by atoms with Gasteiger partial charge in [-0.05, 0) is 12.2 Å². The summed E-state index contributed by atoms with van der Waals surface area (Å²) in [6.45, 7) is 3.06. The summed E-state index contributed by atoms with van der Waals surface area (Å²) in [6, 6.07) is 0. The van der Waals surface area contributed by atoms with Crippen LogP contribution in [0.2, 0.25) is 0 Å². The van der Waals surface area contributed by atoms with Crippen molar-refractivity contribution in [1.29, 1.82) is 0 Å². The number of carbonyl (C=O) groups is 1. The number of ether oxygens (including phenoxy) is 1. The van der Waals surface area contributed by atoms with E-state index in [9.17, 15) is 4.79 Å². The number of aliphatic hydroxyl groups is 2. The van der Waals surface area contributed by atoms with E-state index in [4.69, 9.17) is 10.2 Å². The van der Waals surface area contributed by atoms with Gasteiger partial charge in [-0.25, -0.2) is 4.79 Å². The first kappa shape index (κ1) is 14.0. The monoisotopic (exact) mass is 210 g/mol. The molecule has 70 valence electrons. The first-order chi connectivity index (χ1) is 5.54. The summed E-state index contributed by atoms with van der Waals surface area (Å²) in [5.74, 6) is -0.501. The Balaban J connectivity index is 0. The lowest BCUT2D eigenvalue weighted by atomic mass is 10.6. The second-order valence-electron chi connectivity index (χ2n) is 1.38. The van der Waals surface area contributed by atoms with Crippen LogP contribution in [0.25, 0.3) is 0 Å². The number of thiocarbonyl (C=S) groups is 1. The number of hydrogen-bond donors (Lipinski definition) is 3. The third-order valence-corrected chi connectivity index (χ3v) is 0.502. The minimum absolute atomic E-state index is 0.0465. The highest BCUT2D eigenvalue weighted by Gasteiger charge is 1.90. The first-order valence-electron chi connectivity index (χ1n) is 2.86. The lowest BCUT2D eigenvalue weighted by Gasteiger charge is -1.94. The quantitative estimate of drug-likeness (QED) is 0.273. The van der Waals surface area contributed by atoms with Gasteiger partial charge in [0.25, 0.3) is 0 Å². The van der Waals surface area contributed by atoms with E-state index in [1.165, 1.54) is 0 Å². The van der Waals surface area contributed by atoms with Gasteiger partial charge >= 0.3 is 5.97 Å². The van der Waals surface area contributed by atoms with Crippen molar-refractivity contribution in [3.8, 4) is 0 Å². The topological polar surface area (TPSA) is 66.8 Å². The largest absolute Gasteiger partial charge is 0.494 e. The Morgan fingerprint density at radius 3 is 2.42 bits per heavy atom. The van der Waals surface area contributed by atoms with Gasteiger partial charge in [0.2, 0.25) is 4.38 Å². The predicted octanol–water partition coefficient (Wildman–Crippen LogP) is 0.467. The Hall–Kier alpha value is -0.590. The fourth-order valence-corrected chi connectivity index (χ4v) is 0.205. The van der Waals surface area contributed by atoms with Crippen LogP contribution in [0, 0.1) is 0 Å². The van der Waals surface area contributed by atoms with Crippen molar-refractivity contribution in [2.45, 2.75) is 0 Å². The van der Waals surface area contributed by atoms with E-state index < -0.39 is 5.97 Å². The molecule has 12 heavy (non-hydrogen) atoms. The molecule has 0 unspecified atom stereocenters. The average molecular weight is 210 g/mol. The fourth-order valence-electron chi connectivity index (χ4n) is 0.205. The van der Waals surface area contributed by atoms with Crippen molar-refractivity contribution in [2.24, 2.45) is 0 Å². The molecule has 0 aliphatic carbocycles. The highest BCUT2D eigenvalue weighted by atomic mass is 32.1. The molecule has 0 spiro atoms. The van der Waals surface area contributed by atoms with Gasteiger partial charge in [-0.2, -0.15) is 0 Å². The second kappa shape index (κ2) is 10.4. The molecule has 4 nitrogen and oxygen atoms in total. The Labute approximate surface area is 81.3 Å². The summed E-state index contributed by atoms with van der Waals surface area (Å²) >= 11 is 7.21. The lowest BCUT2D eigenvalue weighted by molar-refractivity contribution is -0.138. The number of thiol groups is 1. The molecule has 0 saturated heterocycles. The van der Waals surface area contributed by atoms with Crippen LogP contribution in [-0.2, 0) is 9.53 Å². The molecule has 0 aliphatic heterocycles. The van der Waals surface area contributed by atoms with Crippen LogP contribution in [-0.4, -0.2) is 33.8 Å². The number of esters is 1. The van der Waals surface area contributed by atoms with Gasteiger partial charge < -0.3 is 14.9 Å². The molecule has 0 aliphatic rings. The molecule has 0 saturated carbocycles. The average Bonchev–Trinajstić information content (AvgIpc) is 1.99. The molecule has 0 aromatic carbocycles. The van der Waals surface area contributed by atoms with Crippen molar-refractivity contribution in [1.82, 2.24) is 0 Å². The third-order valence-electron chi connectivity index (χ3n) is 0.502. The molecule has 6 heteroatoms. The summed E-state index contributed by atoms with van der Waals surface area (Å²) < 4.78 is 4.03. The van der Waals surface area contributed by atoms with Crippen molar-refractivity contribution >= 4 is 35.2 Å². The standard InChI is InChI=1S/C5H8O3.CH2OS2/c1-2-5(7)8-4-3-6;2-1(3)4/h2,6H,1,3-4H2;(H2,2,3,4). The molecule has 0 bridgehead atoms. The maximum atomic E-state index is 10.1. The number of rotatable bonds is 3. The highest BCUT2D eigenvalue weighted by Crippen LogP contribution is 1.75. The second-order valence-corrected chi connectivity index (χ2v) is 2.49. The molecule has 0 aromatic heterocycles. The maximum absolute atomic E-state index is 10.1. The van der Waals surface area contributed by atoms with Crippen LogP contribution in [0.5, 0.6) is 0 Å². The molecule has 2 N–H and O–H groups in total. The normalized spacial score (nSPS) is 7.50. The Bertz CT molecular complexity index is 154. The minimum Gasteiger partial charge on any atom is -0.494 e. The minimum atomic E-state index is -0.501. The zero-order chi connectivity index (χ0) is 9.98. The van der Waals surface area contributed by atoms with Crippen molar-refractivity contribution in [2.75, 3.05) is 13.2 Å². The summed E-state index contributed by atoms with van der Waals surface area (Å²) in [4.78, 5) is 10.1. The summed E-state index contributed by atoms with van der Waals surface area (Å²) in [5.41, 5.74) is 0. The van der Waals surface area contributed by atoms with Crippen LogP contribution in [0.1, 0.15) is 0 Å². The van der Waals surface area contributed by atoms with Crippen molar-refractivity contribution < 1.29 is 19.7 Å². The molecule has 0 heterocycles. The van der Waals surface area contributed by atoms with Gasteiger partial charge in [-0.15, -0.1) is 0 Å². The van der Waals surface area contributed by atoms with Gasteiger partial charge in [-0.1, -0.05) is 19.2 Å². The van der Waals surface area contributed by atoms with Gasteiger partial charge in [0.1, 0.15) is 6.61 Å². The zero-order valence-electron chi connectivity index (χ0n) is 6.27. The van der Waals surface area contributed by atoms with Crippen LogP contribution in [0.3, 0.4) is 0 Å². The molecular weight excluding hydrogens is 200 g/mol. The molecule has 0 amide bonds. The van der Waals surface area contributed by atoms with E-state index in [-0.39, 0.29) is 17.6 Å². The molecule has 0 rings (SSSR count). The van der Waals surface area contributed by atoms with E-state index in [2.05, 4.69) is 36.2 Å². The molecular formula is C6H10O4S2. The van der Waals surface area contributed by atoms with Crippen molar-refractivity contribution in [3.05, 3.63) is 12.7 Å².